The van der Waals surface area contributed by atoms with Crippen LogP contribution in [-0.2, 0) is 0 Å². The molecule has 1 saturated carbocycles. The summed E-state index contributed by atoms with van der Waals surface area (Å²) in [7, 11) is 0. The minimum Gasteiger partial charge on any atom is -0.314 e. The molecule has 2 nitrogen and oxygen atoms in total. The molecule has 3 aliphatic rings. The van der Waals surface area contributed by atoms with Gasteiger partial charge in [-0.25, -0.2) is 0 Å². The van der Waals surface area contributed by atoms with E-state index in [1.54, 1.807) is 0 Å². The molecule has 0 spiro atoms. The third-order valence-corrected chi connectivity index (χ3v) is 13.0. The largest absolute Gasteiger partial charge is 0.314 e. The fraction of sp³-hybridized carbons (Fsp3) is 0.143. The second-order valence-corrected chi connectivity index (χ2v) is 16.4. The lowest BCUT2D eigenvalue weighted by Crippen LogP contribution is -2.18. The van der Waals surface area contributed by atoms with Gasteiger partial charge in [0.2, 0.25) is 0 Å². The average Bonchev–Trinajstić information content (AvgIpc) is 4.03. The first kappa shape index (κ1) is 34.6. The molecular weight excluding hydrogens is 701 g/mol. The number of allylic oxidation sites excluding steroid dienone is 4. The lowest BCUT2D eigenvalue weighted by Gasteiger charge is -2.30. The quantitative estimate of drug-likeness (QED) is 0.145. The Kier molecular flexibility index (Phi) is 8.58. The number of nitrogens with zero attached hydrogens (tertiary/aromatic N) is 2. The smallest absolute Gasteiger partial charge is 0.0461 e. The van der Waals surface area contributed by atoms with Crippen LogP contribution in [0.25, 0.3) is 33.2 Å². The van der Waals surface area contributed by atoms with Gasteiger partial charge >= 0.3 is 0 Å². The molecular formula is C56H46N2. The molecule has 0 amide bonds. The van der Waals surface area contributed by atoms with Crippen LogP contribution in [0.2, 0.25) is 0 Å². The lowest BCUT2D eigenvalue weighted by atomic mass is 9.78. The van der Waals surface area contributed by atoms with Gasteiger partial charge < -0.3 is 9.80 Å². The van der Waals surface area contributed by atoms with Gasteiger partial charge in [-0.3, -0.25) is 0 Å². The number of rotatable bonds is 9. The topological polar surface area (TPSA) is 6.48 Å². The molecule has 0 aliphatic heterocycles. The van der Waals surface area contributed by atoms with Crippen molar-refractivity contribution >= 4 is 61.6 Å². The lowest BCUT2D eigenvalue weighted by molar-refractivity contribution is 0.853. The van der Waals surface area contributed by atoms with Crippen LogP contribution in [0.5, 0.6) is 0 Å². The van der Waals surface area contributed by atoms with E-state index in [0.717, 1.165) is 36.6 Å². The fourth-order valence-electron chi connectivity index (χ4n) is 9.93. The van der Waals surface area contributed by atoms with Gasteiger partial charge in [-0.1, -0.05) is 128 Å². The number of hydrogen-bond acceptors (Lipinski definition) is 2. The second kappa shape index (κ2) is 14.4. The summed E-state index contributed by atoms with van der Waals surface area (Å²) in [6.45, 7) is 2.42. The average molecular weight is 747 g/mol. The molecule has 2 heteroatoms. The third kappa shape index (κ3) is 6.03. The normalized spacial score (nSPS) is 18.3. The SMILES string of the molecule is CC1CC1c1cc(C2=CC=C(N(c3ccccc3)c3ccccc3)CC2)c2ccc3c4c(ccc1c24)C(c1ccc(N(c2ccccc2)c2ccccc2)cc1)CC=3. The highest BCUT2D eigenvalue weighted by molar-refractivity contribution is 6.16. The maximum atomic E-state index is 2.58. The van der Waals surface area contributed by atoms with Crippen LogP contribution in [0.4, 0.5) is 28.4 Å². The summed E-state index contributed by atoms with van der Waals surface area (Å²) in [6, 6.07) is 64.7. The van der Waals surface area contributed by atoms with E-state index in [1.165, 1.54) is 83.8 Å². The van der Waals surface area contributed by atoms with Gasteiger partial charge in [-0.2, -0.15) is 0 Å². The molecule has 0 aromatic heterocycles. The zero-order valence-electron chi connectivity index (χ0n) is 32.9. The van der Waals surface area contributed by atoms with Crippen LogP contribution < -0.4 is 15.0 Å². The fourth-order valence-corrected chi connectivity index (χ4v) is 9.93. The maximum Gasteiger partial charge on any atom is 0.0461 e. The zero-order valence-corrected chi connectivity index (χ0v) is 32.9. The maximum absolute atomic E-state index is 2.58. The summed E-state index contributed by atoms with van der Waals surface area (Å²) in [5.41, 5.74) is 14.4. The van der Waals surface area contributed by atoms with Crippen molar-refractivity contribution in [2.45, 2.75) is 44.4 Å². The number of para-hydroxylation sites is 4. The monoisotopic (exact) mass is 746 g/mol. The Morgan fingerprint density at radius 1 is 0.483 bits per heavy atom. The van der Waals surface area contributed by atoms with Crippen molar-refractivity contribution < 1.29 is 0 Å². The summed E-state index contributed by atoms with van der Waals surface area (Å²) < 4.78 is 0. The zero-order chi connectivity index (χ0) is 38.6. The second-order valence-electron chi connectivity index (χ2n) is 16.4. The summed E-state index contributed by atoms with van der Waals surface area (Å²) >= 11 is 0. The van der Waals surface area contributed by atoms with Gasteiger partial charge in [-0.15, -0.1) is 0 Å². The van der Waals surface area contributed by atoms with Gasteiger partial charge in [0.05, 0.1) is 0 Å². The van der Waals surface area contributed by atoms with Crippen LogP contribution in [0.1, 0.15) is 66.7 Å². The highest BCUT2D eigenvalue weighted by Gasteiger charge is 2.36. The Balaban J connectivity index is 1.01. The van der Waals surface area contributed by atoms with Crippen molar-refractivity contribution in [1.29, 1.82) is 0 Å². The Hall–Kier alpha value is -6.64. The first-order valence-electron chi connectivity index (χ1n) is 21.0. The van der Waals surface area contributed by atoms with E-state index in [0.29, 0.717) is 11.8 Å². The number of benzene rings is 8. The van der Waals surface area contributed by atoms with Crippen molar-refractivity contribution in [3.8, 4) is 0 Å². The van der Waals surface area contributed by atoms with Crippen LogP contribution in [0.3, 0.4) is 0 Å². The molecule has 0 saturated heterocycles. The minimum absolute atomic E-state index is 0.298. The molecule has 58 heavy (non-hydrogen) atoms. The van der Waals surface area contributed by atoms with E-state index in [-0.39, 0.29) is 0 Å². The van der Waals surface area contributed by atoms with Crippen molar-refractivity contribution in [3.63, 3.8) is 0 Å². The summed E-state index contributed by atoms with van der Waals surface area (Å²) in [6.07, 6.45) is 11.6. The van der Waals surface area contributed by atoms with Crippen LogP contribution in [-0.4, -0.2) is 0 Å². The molecule has 0 bridgehead atoms. The Labute approximate surface area is 341 Å². The summed E-state index contributed by atoms with van der Waals surface area (Å²) in [5, 5.41) is 7.14. The van der Waals surface area contributed by atoms with Crippen LogP contribution in [0.15, 0.2) is 194 Å². The first-order valence-corrected chi connectivity index (χ1v) is 21.0. The van der Waals surface area contributed by atoms with E-state index < -0.39 is 0 Å². The Morgan fingerprint density at radius 2 is 1.03 bits per heavy atom. The van der Waals surface area contributed by atoms with Crippen molar-refractivity contribution in [2.75, 3.05) is 9.80 Å². The van der Waals surface area contributed by atoms with Crippen LogP contribution in [0, 0.1) is 5.92 Å². The predicted octanol–water partition coefficient (Wildman–Crippen LogP) is 14.5. The van der Waals surface area contributed by atoms with E-state index in [9.17, 15) is 0 Å². The third-order valence-electron chi connectivity index (χ3n) is 13.0. The van der Waals surface area contributed by atoms with E-state index >= 15 is 0 Å². The van der Waals surface area contributed by atoms with Gasteiger partial charge in [0, 0.05) is 40.1 Å². The molecule has 0 radical (unpaired) electrons. The van der Waals surface area contributed by atoms with Crippen molar-refractivity contribution in [1.82, 2.24) is 0 Å². The summed E-state index contributed by atoms with van der Waals surface area (Å²) in [5.74, 6) is 1.64. The van der Waals surface area contributed by atoms with Crippen molar-refractivity contribution in [2.24, 2.45) is 5.92 Å². The molecule has 0 heterocycles. The highest BCUT2D eigenvalue weighted by atomic mass is 15.2. The van der Waals surface area contributed by atoms with Gasteiger partial charge in [0.1, 0.15) is 0 Å². The van der Waals surface area contributed by atoms with E-state index in [1.807, 2.05) is 0 Å². The van der Waals surface area contributed by atoms with Gasteiger partial charge in [-0.05, 0) is 165 Å². The molecule has 280 valence electrons. The standard InChI is InChI=1S/C56H46N2/c1-38-36-52(38)54-37-53(40-24-30-47(31-25-40)58(44-18-10-4-11-19-44)45-20-12-5-13-21-45)50-33-27-41-26-32-48(49-34-35-51(54)56(50)55(41)49)39-22-28-46(29-23-39)57(42-14-6-2-7-15-42)43-16-8-3-9-17-43/h2-24,26-30,33-35,37-38,48,52H,25,31-32,36H2,1H3. The van der Waals surface area contributed by atoms with E-state index in [4.69, 9.17) is 0 Å². The molecule has 1 fully saturated rings. The van der Waals surface area contributed by atoms with Crippen molar-refractivity contribution in [3.05, 3.63) is 221 Å². The molecule has 8 aromatic carbocycles. The predicted molar refractivity (Wildman–Crippen MR) is 246 cm³/mol. The summed E-state index contributed by atoms with van der Waals surface area (Å²) in [4.78, 5) is 4.77. The highest BCUT2D eigenvalue weighted by Crippen LogP contribution is 2.52. The van der Waals surface area contributed by atoms with Crippen LogP contribution >= 0.6 is 0 Å². The Morgan fingerprint density at radius 3 is 1.59 bits per heavy atom. The Bertz CT molecular complexity index is 2810. The number of hydrogen-bond donors (Lipinski definition) is 0. The minimum atomic E-state index is 0.298. The molecule has 3 aliphatic carbocycles. The number of anilines is 5. The molecule has 8 aromatic rings. The van der Waals surface area contributed by atoms with E-state index in [2.05, 4.69) is 211 Å². The molecule has 11 rings (SSSR count). The first-order chi connectivity index (χ1) is 28.7. The molecule has 3 unspecified atom stereocenters. The van der Waals surface area contributed by atoms with Gasteiger partial charge in [0.15, 0.2) is 0 Å². The van der Waals surface area contributed by atoms with Gasteiger partial charge in [0.25, 0.3) is 0 Å². The molecule has 3 atom stereocenters. The molecule has 0 N–H and O–H groups in total.